The van der Waals surface area contributed by atoms with E-state index in [1.165, 1.54) is 0 Å². The van der Waals surface area contributed by atoms with Gasteiger partial charge in [-0.2, -0.15) is 10.5 Å². The summed E-state index contributed by atoms with van der Waals surface area (Å²) in [6, 6.07) is 12.3. The van der Waals surface area contributed by atoms with E-state index in [1.54, 1.807) is 12.1 Å². The van der Waals surface area contributed by atoms with E-state index in [4.69, 9.17) is 22.1 Å². The molecule has 0 spiro atoms. The third kappa shape index (κ3) is 2.69. The van der Waals surface area contributed by atoms with Crippen LogP contribution in [0.15, 0.2) is 52.2 Å². The van der Waals surface area contributed by atoms with Crippen LogP contribution in [0.2, 0.25) is 0 Å². The van der Waals surface area contributed by atoms with Crippen LogP contribution in [0.25, 0.3) is 0 Å². The molecule has 0 atom stereocenters. The first-order valence-corrected chi connectivity index (χ1v) is 6.29. The standard InChI is InChI=1S/C15H8ClN3O2/c16-12-13(19-8-9-4-2-1-3-5-9)15(21)11(7-18)10(6-17)14(12)20/h1-5,19H,8H2. The van der Waals surface area contributed by atoms with E-state index in [9.17, 15) is 9.59 Å². The maximum Gasteiger partial charge on any atom is 0.222 e. The summed E-state index contributed by atoms with van der Waals surface area (Å²) in [7, 11) is 0. The summed E-state index contributed by atoms with van der Waals surface area (Å²) in [6.07, 6.45) is 0. The zero-order valence-electron chi connectivity index (χ0n) is 10.7. The fraction of sp³-hybridized carbons (Fsp3) is 0.0667. The van der Waals surface area contributed by atoms with Gasteiger partial charge in [-0.25, -0.2) is 0 Å². The maximum atomic E-state index is 12.1. The molecule has 1 N–H and O–H groups in total. The van der Waals surface area contributed by atoms with Crippen LogP contribution in [-0.2, 0) is 16.1 Å². The predicted octanol–water partition coefficient (Wildman–Crippen LogP) is 1.72. The molecule has 0 aromatic heterocycles. The Hall–Kier alpha value is -2.89. The number of allylic oxidation sites excluding steroid dienone is 3. The Balaban J connectivity index is 2.31. The highest BCUT2D eigenvalue weighted by atomic mass is 35.5. The van der Waals surface area contributed by atoms with Gasteiger partial charge in [-0.05, 0) is 5.56 Å². The van der Waals surface area contributed by atoms with Crippen LogP contribution < -0.4 is 5.32 Å². The number of Topliss-reactive ketones (excluding diaryl/α,β-unsaturated/α-hetero) is 2. The Kier molecular flexibility index (Phi) is 4.18. The van der Waals surface area contributed by atoms with Gasteiger partial charge in [0.2, 0.25) is 11.6 Å². The molecule has 0 heterocycles. The minimum absolute atomic E-state index is 0.152. The molecular weight excluding hydrogens is 290 g/mol. The molecule has 0 radical (unpaired) electrons. The lowest BCUT2D eigenvalue weighted by Gasteiger charge is -2.16. The average Bonchev–Trinajstić information content (AvgIpc) is 2.51. The quantitative estimate of drug-likeness (QED) is 0.857. The van der Waals surface area contributed by atoms with Gasteiger partial charge < -0.3 is 5.32 Å². The van der Waals surface area contributed by atoms with Gasteiger partial charge in [-0.15, -0.1) is 0 Å². The second-order valence-corrected chi connectivity index (χ2v) is 4.54. The van der Waals surface area contributed by atoms with Crippen molar-refractivity contribution in [2.45, 2.75) is 6.54 Å². The van der Waals surface area contributed by atoms with Crippen molar-refractivity contribution in [3.63, 3.8) is 0 Å². The van der Waals surface area contributed by atoms with Gasteiger partial charge in [0.1, 0.15) is 34.0 Å². The molecule has 0 aliphatic heterocycles. The number of hydrogen-bond acceptors (Lipinski definition) is 5. The van der Waals surface area contributed by atoms with Crippen LogP contribution in [0.4, 0.5) is 0 Å². The molecule has 0 saturated carbocycles. The van der Waals surface area contributed by atoms with E-state index in [0.29, 0.717) is 0 Å². The molecule has 102 valence electrons. The fourth-order valence-electron chi connectivity index (χ4n) is 1.83. The van der Waals surface area contributed by atoms with Crippen LogP contribution in [0.5, 0.6) is 0 Å². The Morgan fingerprint density at radius 1 is 1.00 bits per heavy atom. The van der Waals surface area contributed by atoms with Gasteiger partial charge in [0, 0.05) is 6.54 Å². The fourth-order valence-corrected chi connectivity index (χ4v) is 2.08. The van der Waals surface area contributed by atoms with Crippen molar-refractivity contribution in [3.8, 4) is 12.1 Å². The molecule has 0 unspecified atom stereocenters. The Morgan fingerprint density at radius 2 is 1.57 bits per heavy atom. The van der Waals surface area contributed by atoms with E-state index < -0.39 is 22.7 Å². The topological polar surface area (TPSA) is 93.8 Å². The summed E-state index contributed by atoms with van der Waals surface area (Å²) in [5.41, 5.74) is -0.274. The summed E-state index contributed by atoms with van der Waals surface area (Å²) in [5, 5.41) is 20.2. The summed E-state index contributed by atoms with van der Waals surface area (Å²) in [4.78, 5) is 24.0. The maximum absolute atomic E-state index is 12.1. The van der Waals surface area contributed by atoms with E-state index in [1.807, 2.05) is 30.3 Å². The van der Waals surface area contributed by atoms with Gasteiger partial charge in [-0.3, -0.25) is 9.59 Å². The summed E-state index contributed by atoms with van der Waals surface area (Å²) < 4.78 is 0. The minimum Gasteiger partial charge on any atom is -0.376 e. The first-order valence-electron chi connectivity index (χ1n) is 5.91. The van der Waals surface area contributed by atoms with Crippen LogP contribution in [0.1, 0.15) is 5.56 Å². The van der Waals surface area contributed by atoms with Crippen molar-refractivity contribution in [1.82, 2.24) is 5.32 Å². The van der Waals surface area contributed by atoms with E-state index >= 15 is 0 Å². The number of nitrogens with zero attached hydrogens (tertiary/aromatic N) is 2. The van der Waals surface area contributed by atoms with Crippen molar-refractivity contribution >= 4 is 23.2 Å². The number of carbonyl (C=O) groups is 2. The van der Waals surface area contributed by atoms with E-state index in [0.717, 1.165) is 5.56 Å². The summed E-state index contributed by atoms with van der Waals surface area (Å²) in [5.74, 6) is -1.56. The highest BCUT2D eigenvalue weighted by Gasteiger charge is 2.34. The number of hydrogen-bond donors (Lipinski definition) is 1. The molecule has 2 rings (SSSR count). The Bertz CT molecular complexity index is 764. The number of carbonyl (C=O) groups excluding carboxylic acids is 2. The largest absolute Gasteiger partial charge is 0.376 e. The smallest absolute Gasteiger partial charge is 0.222 e. The minimum atomic E-state index is -0.814. The zero-order chi connectivity index (χ0) is 15.4. The highest BCUT2D eigenvalue weighted by Crippen LogP contribution is 2.25. The second kappa shape index (κ2) is 6.04. The van der Waals surface area contributed by atoms with Crippen LogP contribution >= 0.6 is 11.6 Å². The molecule has 1 aliphatic rings. The molecule has 0 amide bonds. The zero-order valence-corrected chi connectivity index (χ0v) is 11.4. The lowest BCUT2D eigenvalue weighted by molar-refractivity contribution is -0.115. The van der Waals surface area contributed by atoms with Crippen molar-refractivity contribution in [2.75, 3.05) is 0 Å². The van der Waals surface area contributed by atoms with Gasteiger partial charge in [0.05, 0.1) is 0 Å². The molecule has 1 aliphatic carbocycles. The lowest BCUT2D eigenvalue weighted by atomic mass is 9.94. The van der Waals surface area contributed by atoms with E-state index in [-0.39, 0.29) is 17.3 Å². The molecule has 0 fully saturated rings. The van der Waals surface area contributed by atoms with Crippen molar-refractivity contribution in [1.29, 1.82) is 10.5 Å². The molecule has 0 saturated heterocycles. The highest BCUT2D eigenvalue weighted by molar-refractivity contribution is 6.50. The molecular formula is C15H8ClN3O2. The number of rotatable bonds is 3. The number of nitriles is 2. The SMILES string of the molecule is N#CC1=C(C#N)C(=O)C(NCc2ccccc2)=C(Cl)C1=O. The average molecular weight is 298 g/mol. The van der Waals surface area contributed by atoms with Crippen molar-refractivity contribution < 1.29 is 9.59 Å². The van der Waals surface area contributed by atoms with Crippen molar-refractivity contribution in [2.24, 2.45) is 0 Å². The first kappa shape index (κ1) is 14.5. The Morgan fingerprint density at radius 3 is 2.14 bits per heavy atom. The molecule has 1 aromatic carbocycles. The third-order valence-corrected chi connectivity index (χ3v) is 3.25. The third-order valence-electron chi connectivity index (χ3n) is 2.89. The van der Waals surface area contributed by atoms with E-state index in [2.05, 4.69) is 5.32 Å². The molecule has 5 nitrogen and oxygen atoms in total. The van der Waals surface area contributed by atoms with Gasteiger partial charge in [0.25, 0.3) is 0 Å². The van der Waals surface area contributed by atoms with Crippen molar-refractivity contribution in [3.05, 3.63) is 57.8 Å². The Labute approximate surface area is 125 Å². The molecule has 0 bridgehead atoms. The van der Waals surface area contributed by atoms with Crippen LogP contribution in [0.3, 0.4) is 0 Å². The number of nitrogens with one attached hydrogen (secondary N) is 1. The molecule has 21 heavy (non-hydrogen) atoms. The first-order chi connectivity index (χ1) is 10.1. The summed E-state index contributed by atoms with van der Waals surface area (Å²) in [6.45, 7) is 0.270. The predicted molar refractivity (Wildman–Crippen MR) is 74.4 cm³/mol. The van der Waals surface area contributed by atoms with Gasteiger partial charge in [-0.1, -0.05) is 41.9 Å². The summed E-state index contributed by atoms with van der Waals surface area (Å²) >= 11 is 5.84. The normalized spacial score (nSPS) is 14.8. The monoisotopic (exact) mass is 297 g/mol. The van der Waals surface area contributed by atoms with Gasteiger partial charge in [0.15, 0.2) is 0 Å². The second-order valence-electron chi connectivity index (χ2n) is 4.16. The number of benzene rings is 1. The van der Waals surface area contributed by atoms with Crippen LogP contribution in [-0.4, -0.2) is 11.6 Å². The van der Waals surface area contributed by atoms with Gasteiger partial charge >= 0.3 is 0 Å². The lowest BCUT2D eigenvalue weighted by Crippen LogP contribution is -2.29. The number of ketones is 2. The van der Waals surface area contributed by atoms with Crippen LogP contribution in [0, 0.1) is 22.7 Å². The molecule has 6 heteroatoms. The number of halogens is 1. The molecule has 1 aromatic rings.